The van der Waals surface area contributed by atoms with Gasteiger partial charge in [0.2, 0.25) is 0 Å². The standard InChI is InChI=1S/C24H26N2O3/c1-3-15-25-23(27)20-11-7-8-12-21(20)26-24(28)22(4-2)29-19-14-13-17-9-5-6-10-18(17)16-19/h5-14,16,22H,3-4,15H2,1-2H3,(H,25,27)(H,26,28)/t22-/m1/s1. The predicted molar refractivity (Wildman–Crippen MR) is 116 cm³/mol. The quantitative estimate of drug-likeness (QED) is 0.582. The van der Waals surface area contributed by atoms with Gasteiger partial charge in [-0.3, -0.25) is 9.59 Å². The van der Waals surface area contributed by atoms with Crippen LogP contribution in [0.3, 0.4) is 0 Å². The van der Waals surface area contributed by atoms with Crippen LogP contribution in [0.5, 0.6) is 5.75 Å². The van der Waals surface area contributed by atoms with Crippen LogP contribution in [-0.2, 0) is 4.79 Å². The molecule has 0 unspecified atom stereocenters. The van der Waals surface area contributed by atoms with Gasteiger partial charge in [-0.05, 0) is 47.9 Å². The van der Waals surface area contributed by atoms with E-state index in [4.69, 9.17) is 4.74 Å². The van der Waals surface area contributed by atoms with Crippen molar-refractivity contribution >= 4 is 28.3 Å². The van der Waals surface area contributed by atoms with Crippen molar-refractivity contribution in [1.82, 2.24) is 5.32 Å². The Balaban J connectivity index is 1.74. The highest BCUT2D eigenvalue weighted by Crippen LogP contribution is 2.23. The fraction of sp³-hybridized carbons (Fsp3) is 0.250. The number of carbonyl (C=O) groups excluding carboxylic acids is 2. The van der Waals surface area contributed by atoms with E-state index < -0.39 is 6.10 Å². The molecule has 0 saturated carbocycles. The minimum atomic E-state index is -0.664. The smallest absolute Gasteiger partial charge is 0.265 e. The van der Waals surface area contributed by atoms with Crippen LogP contribution in [0.25, 0.3) is 10.8 Å². The molecule has 3 aromatic rings. The maximum absolute atomic E-state index is 12.8. The van der Waals surface area contributed by atoms with E-state index in [1.165, 1.54) is 0 Å². The average molecular weight is 390 g/mol. The molecule has 29 heavy (non-hydrogen) atoms. The van der Waals surface area contributed by atoms with Crippen molar-refractivity contribution in [3.63, 3.8) is 0 Å². The Labute approximate surface area is 171 Å². The number of amides is 2. The predicted octanol–water partition coefficient (Wildman–Crippen LogP) is 4.78. The number of para-hydroxylation sites is 1. The molecule has 1 atom stereocenters. The maximum atomic E-state index is 12.8. The summed E-state index contributed by atoms with van der Waals surface area (Å²) in [4.78, 5) is 25.2. The third kappa shape index (κ3) is 5.13. The monoisotopic (exact) mass is 390 g/mol. The van der Waals surface area contributed by atoms with Crippen LogP contribution in [0.15, 0.2) is 66.7 Å². The summed E-state index contributed by atoms with van der Waals surface area (Å²) in [6.07, 6.45) is 0.684. The molecular formula is C24H26N2O3. The first kappa shape index (κ1) is 20.4. The van der Waals surface area contributed by atoms with Crippen LogP contribution in [0, 0.1) is 0 Å². The van der Waals surface area contributed by atoms with Gasteiger partial charge in [0, 0.05) is 6.54 Å². The average Bonchev–Trinajstić information content (AvgIpc) is 2.76. The SMILES string of the molecule is CCCNC(=O)c1ccccc1NC(=O)[C@@H](CC)Oc1ccc2ccccc2c1. The Kier molecular flexibility index (Phi) is 6.85. The number of nitrogens with one attached hydrogen (secondary N) is 2. The number of fused-ring (bicyclic) bond motifs is 1. The minimum absolute atomic E-state index is 0.203. The molecule has 0 fully saturated rings. The van der Waals surface area contributed by atoms with Crippen LogP contribution in [0.1, 0.15) is 37.0 Å². The molecular weight excluding hydrogens is 364 g/mol. The molecule has 0 aliphatic heterocycles. The molecule has 3 aromatic carbocycles. The van der Waals surface area contributed by atoms with Crippen molar-refractivity contribution in [3.8, 4) is 5.75 Å². The first-order chi connectivity index (χ1) is 14.1. The second-order valence-electron chi connectivity index (χ2n) is 6.81. The van der Waals surface area contributed by atoms with E-state index in [9.17, 15) is 9.59 Å². The number of rotatable bonds is 8. The molecule has 2 amide bonds. The van der Waals surface area contributed by atoms with Gasteiger partial charge in [0.1, 0.15) is 5.75 Å². The second kappa shape index (κ2) is 9.73. The number of carbonyl (C=O) groups is 2. The van der Waals surface area contributed by atoms with Gasteiger partial charge in [-0.15, -0.1) is 0 Å². The lowest BCUT2D eigenvalue weighted by Gasteiger charge is -2.19. The second-order valence-corrected chi connectivity index (χ2v) is 6.81. The van der Waals surface area contributed by atoms with Gasteiger partial charge in [0.05, 0.1) is 11.3 Å². The Bertz CT molecular complexity index is 1000. The molecule has 2 N–H and O–H groups in total. The van der Waals surface area contributed by atoms with E-state index in [0.717, 1.165) is 17.2 Å². The summed E-state index contributed by atoms with van der Waals surface area (Å²) in [6, 6.07) is 20.8. The first-order valence-electron chi connectivity index (χ1n) is 9.96. The largest absolute Gasteiger partial charge is 0.481 e. The summed E-state index contributed by atoms with van der Waals surface area (Å²) in [5.41, 5.74) is 0.918. The lowest BCUT2D eigenvalue weighted by atomic mass is 10.1. The van der Waals surface area contributed by atoms with E-state index in [2.05, 4.69) is 10.6 Å². The number of benzene rings is 3. The molecule has 3 rings (SSSR count). The van der Waals surface area contributed by atoms with Gasteiger partial charge < -0.3 is 15.4 Å². The number of anilines is 1. The molecule has 0 aliphatic carbocycles. The normalized spacial score (nSPS) is 11.7. The molecule has 0 radical (unpaired) electrons. The highest BCUT2D eigenvalue weighted by molar-refractivity contribution is 6.04. The fourth-order valence-electron chi connectivity index (χ4n) is 3.06. The number of hydrogen-bond donors (Lipinski definition) is 2. The summed E-state index contributed by atoms with van der Waals surface area (Å²) < 4.78 is 5.96. The Morgan fingerprint density at radius 2 is 1.66 bits per heavy atom. The number of ether oxygens (including phenoxy) is 1. The van der Waals surface area contributed by atoms with Crippen LogP contribution in [0.2, 0.25) is 0 Å². The van der Waals surface area contributed by atoms with E-state index in [0.29, 0.717) is 30.0 Å². The summed E-state index contributed by atoms with van der Waals surface area (Å²) in [5.74, 6) is 0.155. The van der Waals surface area contributed by atoms with Crippen molar-refractivity contribution in [2.24, 2.45) is 0 Å². The van der Waals surface area contributed by atoms with Crippen LogP contribution in [-0.4, -0.2) is 24.5 Å². The topological polar surface area (TPSA) is 67.4 Å². The summed E-state index contributed by atoms with van der Waals surface area (Å²) in [5, 5.41) is 7.86. The molecule has 0 aliphatic rings. The van der Waals surface area contributed by atoms with Gasteiger partial charge in [-0.25, -0.2) is 0 Å². The van der Waals surface area contributed by atoms with Crippen molar-refractivity contribution in [2.75, 3.05) is 11.9 Å². The van der Waals surface area contributed by atoms with E-state index in [1.54, 1.807) is 24.3 Å². The van der Waals surface area contributed by atoms with Crippen LogP contribution < -0.4 is 15.4 Å². The van der Waals surface area contributed by atoms with E-state index in [-0.39, 0.29) is 11.8 Å². The molecule has 0 saturated heterocycles. The van der Waals surface area contributed by atoms with E-state index >= 15 is 0 Å². The van der Waals surface area contributed by atoms with Crippen LogP contribution >= 0.6 is 0 Å². The molecule has 0 bridgehead atoms. The molecule has 5 heteroatoms. The van der Waals surface area contributed by atoms with Gasteiger partial charge in [-0.2, -0.15) is 0 Å². The Hall–Kier alpha value is -3.34. The van der Waals surface area contributed by atoms with Crippen molar-refractivity contribution in [1.29, 1.82) is 0 Å². The fourth-order valence-corrected chi connectivity index (χ4v) is 3.06. The van der Waals surface area contributed by atoms with Crippen molar-refractivity contribution in [3.05, 3.63) is 72.3 Å². The van der Waals surface area contributed by atoms with E-state index in [1.807, 2.05) is 56.3 Å². The summed E-state index contributed by atoms with van der Waals surface area (Å²) in [6.45, 7) is 4.47. The zero-order valence-electron chi connectivity index (χ0n) is 16.8. The Morgan fingerprint density at radius 3 is 2.41 bits per heavy atom. The molecule has 0 aromatic heterocycles. The molecule has 150 valence electrons. The lowest BCUT2D eigenvalue weighted by Crippen LogP contribution is -2.33. The maximum Gasteiger partial charge on any atom is 0.265 e. The van der Waals surface area contributed by atoms with Gasteiger partial charge in [0.25, 0.3) is 11.8 Å². The number of hydrogen-bond acceptors (Lipinski definition) is 3. The summed E-state index contributed by atoms with van der Waals surface area (Å²) in [7, 11) is 0. The first-order valence-corrected chi connectivity index (χ1v) is 9.96. The summed E-state index contributed by atoms with van der Waals surface area (Å²) >= 11 is 0. The third-order valence-electron chi connectivity index (χ3n) is 4.63. The van der Waals surface area contributed by atoms with Crippen molar-refractivity contribution < 1.29 is 14.3 Å². The lowest BCUT2D eigenvalue weighted by molar-refractivity contribution is -0.122. The highest BCUT2D eigenvalue weighted by Gasteiger charge is 2.21. The van der Waals surface area contributed by atoms with Gasteiger partial charge in [0.15, 0.2) is 6.10 Å². The Morgan fingerprint density at radius 1 is 0.931 bits per heavy atom. The molecule has 5 nitrogen and oxygen atoms in total. The van der Waals surface area contributed by atoms with Crippen molar-refractivity contribution in [2.45, 2.75) is 32.8 Å². The van der Waals surface area contributed by atoms with Gasteiger partial charge in [-0.1, -0.05) is 56.3 Å². The van der Waals surface area contributed by atoms with Gasteiger partial charge >= 0.3 is 0 Å². The molecule has 0 heterocycles. The zero-order chi connectivity index (χ0) is 20.6. The minimum Gasteiger partial charge on any atom is -0.481 e. The highest BCUT2D eigenvalue weighted by atomic mass is 16.5. The third-order valence-corrected chi connectivity index (χ3v) is 4.63. The molecule has 0 spiro atoms. The zero-order valence-corrected chi connectivity index (χ0v) is 16.8. The van der Waals surface area contributed by atoms with Crippen LogP contribution in [0.4, 0.5) is 5.69 Å².